The highest BCUT2D eigenvalue weighted by Gasteiger charge is 2.61. The van der Waals surface area contributed by atoms with E-state index in [0.29, 0.717) is 23.2 Å². The lowest BCUT2D eigenvalue weighted by Crippen LogP contribution is -2.59. The average molecular weight is 749 g/mol. The van der Waals surface area contributed by atoms with Crippen molar-refractivity contribution >= 4 is 22.8 Å². The van der Waals surface area contributed by atoms with Gasteiger partial charge in [0.05, 0.1) is 17.6 Å². The Morgan fingerprint density at radius 1 is 1.02 bits per heavy atom. The molecule has 2 aliphatic rings. The molecule has 1 aromatic heterocycles. The van der Waals surface area contributed by atoms with Gasteiger partial charge < -0.3 is 19.9 Å². The van der Waals surface area contributed by atoms with Crippen LogP contribution in [0.4, 0.5) is 39.5 Å². The number of pyridine rings is 1. The Morgan fingerprint density at radius 2 is 1.67 bits per heavy atom. The number of hydrogen-bond acceptors (Lipinski definition) is 5. The summed E-state index contributed by atoms with van der Waals surface area (Å²) in [4.78, 5) is 41.9. The summed E-state index contributed by atoms with van der Waals surface area (Å²) >= 11 is 0. The van der Waals surface area contributed by atoms with Gasteiger partial charge in [0.1, 0.15) is 11.5 Å². The smallest absolute Gasteiger partial charge is 0.417 e. The monoisotopic (exact) mass is 748 g/mol. The van der Waals surface area contributed by atoms with Gasteiger partial charge in [-0.3, -0.25) is 14.5 Å². The van der Waals surface area contributed by atoms with Crippen molar-refractivity contribution in [2.75, 3.05) is 33.7 Å². The Hall–Kier alpha value is -4.12. The van der Waals surface area contributed by atoms with E-state index in [1.807, 2.05) is 10.2 Å². The van der Waals surface area contributed by atoms with E-state index in [2.05, 4.69) is 0 Å². The summed E-state index contributed by atoms with van der Waals surface area (Å²) in [7, 11) is 4.97. The molecule has 5 rings (SSSR count). The number of halogens is 9. The van der Waals surface area contributed by atoms with E-state index in [4.69, 9.17) is 0 Å². The minimum atomic E-state index is -5.21. The number of hydrogen-bond donors (Lipinski definition) is 2. The second kappa shape index (κ2) is 14.0. The summed E-state index contributed by atoms with van der Waals surface area (Å²) in [6, 6.07) is 6.91. The van der Waals surface area contributed by atoms with Gasteiger partial charge in [0.25, 0.3) is 5.56 Å². The van der Waals surface area contributed by atoms with Crippen molar-refractivity contribution < 1.29 is 54.2 Å². The first kappa shape index (κ1) is 39.1. The predicted octanol–water partition coefficient (Wildman–Crippen LogP) is 6.02. The SMILES string of the molecule is CN(C)Cc1ccc2c(C(F)(F)F)c([C@H]3CCc4c(C[C@H](NC(=O)C5(C(F)(F)F)CCN(CC(F)(F)F)CC5)C(=O)O)cccc43)c(=O)n(C)c2c1. The minimum absolute atomic E-state index is 0.0462. The molecule has 2 aromatic carbocycles. The predicted molar refractivity (Wildman–Crippen MR) is 172 cm³/mol. The number of amides is 1. The molecule has 1 aliphatic carbocycles. The van der Waals surface area contributed by atoms with Gasteiger partial charge >= 0.3 is 24.5 Å². The number of carbonyl (C=O) groups excluding carboxylic acids is 1. The van der Waals surface area contributed by atoms with Crippen LogP contribution in [0.25, 0.3) is 10.9 Å². The van der Waals surface area contributed by atoms with Gasteiger partial charge in [0.2, 0.25) is 5.91 Å². The van der Waals surface area contributed by atoms with Gasteiger partial charge in [0, 0.05) is 36.9 Å². The van der Waals surface area contributed by atoms with E-state index >= 15 is 0 Å². The first-order valence-corrected chi connectivity index (χ1v) is 16.4. The van der Waals surface area contributed by atoms with Crippen molar-refractivity contribution in [3.8, 4) is 0 Å². The van der Waals surface area contributed by atoms with Crippen LogP contribution in [0.5, 0.6) is 0 Å². The number of benzene rings is 2. The van der Waals surface area contributed by atoms with Crippen LogP contribution in [-0.4, -0.2) is 83.5 Å². The van der Waals surface area contributed by atoms with Crippen LogP contribution >= 0.6 is 0 Å². The molecule has 0 spiro atoms. The number of nitrogens with zero attached hydrogens (tertiary/aromatic N) is 3. The number of rotatable bonds is 9. The van der Waals surface area contributed by atoms with Crippen LogP contribution in [0.15, 0.2) is 41.2 Å². The van der Waals surface area contributed by atoms with Crippen LogP contribution in [-0.2, 0) is 42.2 Å². The summed E-state index contributed by atoms with van der Waals surface area (Å²) in [6.07, 6.45) is -17.2. The molecule has 8 nitrogen and oxygen atoms in total. The van der Waals surface area contributed by atoms with Crippen molar-refractivity contribution in [3.05, 3.63) is 80.1 Å². The van der Waals surface area contributed by atoms with Crippen molar-refractivity contribution in [3.63, 3.8) is 0 Å². The van der Waals surface area contributed by atoms with Gasteiger partial charge in [-0.15, -0.1) is 0 Å². The molecule has 0 saturated carbocycles. The average Bonchev–Trinajstić information content (AvgIpc) is 3.45. The van der Waals surface area contributed by atoms with Crippen LogP contribution < -0.4 is 10.9 Å². The van der Waals surface area contributed by atoms with E-state index in [1.165, 1.54) is 41.9 Å². The maximum Gasteiger partial charge on any atom is 0.417 e. The fraction of sp³-hybridized carbons (Fsp3) is 0.514. The lowest BCUT2D eigenvalue weighted by molar-refractivity contribution is -0.236. The number of aromatic nitrogens is 1. The lowest BCUT2D eigenvalue weighted by Gasteiger charge is -2.42. The molecule has 52 heavy (non-hydrogen) atoms. The zero-order chi connectivity index (χ0) is 38.6. The van der Waals surface area contributed by atoms with E-state index in [1.54, 1.807) is 20.2 Å². The van der Waals surface area contributed by atoms with Gasteiger partial charge in [0.15, 0.2) is 0 Å². The maximum absolute atomic E-state index is 14.9. The molecule has 2 N–H and O–H groups in total. The lowest BCUT2D eigenvalue weighted by atomic mass is 9.76. The fourth-order valence-corrected chi connectivity index (χ4v) is 7.62. The molecule has 17 heteroatoms. The summed E-state index contributed by atoms with van der Waals surface area (Å²) in [5, 5.41) is 11.8. The molecular formula is C35H37F9N4O4. The van der Waals surface area contributed by atoms with Crippen molar-refractivity contribution in [2.24, 2.45) is 12.5 Å². The Labute approximate surface area is 292 Å². The maximum atomic E-state index is 14.9. The Balaban J connectivity index is 1.48. The normalized spacial score (nSPS) is 18.8. The zero-order valence-electron chi connectivity index (χ0n) is 28.4. The number of alkyl halides is 9. The van der Waals surface area contributed by atoms with Crippen LogP contribution in [0, 0.1) is 5.41 Å². The molecule has 1 saturated heterocycles. The molecular weight excluding hydrogens is 711 g/mol. The highest BCUT2D eigenvalue weighted by Crippen LogP contribution is 2.48. The number of carbonyl (C=O) groups is 2. The number of nitrogens with one attached hydrogen (secondary N) is 1. The topological polar surface area (TPSA) is 94.9 Å². The van der Waals surface area contributed by atoms with Gasteiger partial charge in [-0.2, -0.15) is 39.5 Å². The molecule has 284 valence electrons. The Kier molecular flexibility index (Phi) is 10.5. The van der Waals surface area contributed by atoms with Crippen LogP contribution in [0.1, 0.15) is 58.6 Å². The highest BCUT2D eigenvalue weighted by molar-refractivity contribution is 5.88. The van der Waals surface area contributed by atoms with Gasteiger partial charge in [-0.05, 0) is 81.2 Å². The second-order valence-corrected chi connectivity index (χ2v) is 13.9. The highest BCUT2D eigenvalue weighted by atomic mass is 19.4. The summed E-state index contributed by atoms with van der Waals surface area (Å²) in [6.45, 7) is -2.46. The molecule has 1 aliphatic heterocycles. The first-order valence-electron chi connectivity index (χ1n) is 16.4. The fourth-order valence-electron chi connectivity index (χ4n) is 7.62. The summed E-state index contributed by atoms with van der Waals surface area (Å²) in [5.41, 5.74) is -3.80. The molecule has 0 bridgehead atoms. The third-order valence-corrected chi connectivity index (χ3v) is 10.1. The molecule has 1 amide bonds. The number of carboxylic acids is 1. The van der Waals surface area contributed by atoms with E-state index in [0.717, 1.165) is 4.90 Å². The van der Waals surface area contributed by atoms with Crippen molar-refractivity contribution in [1.82, 2.24) is 19.7 Å². The summed E-state index contributed by atoms with van der Waals surface area (Å²) < 4.78 is 127. The molecule has 0 radical (unpaired) electrons. The summed E-state index contributed by atoms with van der Waals surface area (Å²) in [5.74, 6) is -4.43. The Bertz CT molecular complexity index is 1910. The first-order chi connectivity index (χ1) is 24.0. The number of aliphatic carboxylic acids is 1. The molecule has 2 atom stereocenters. The van der Waals surface area contributed by atoms with Gasteiger partial charge in [-0.25, -0.2) is 4.79 Å². The second-order valence-electron chi connectivity index (χ2n) is 13.9. The van der Waals surface area contributed by atoms with E-state index < -0.39 is 103 Å². The van der Waals surface area contributed by atoms with E-state index in [-0.39, 0.29) is 29.3 Å². The van der Waals surface area contributed by atoms with Crippen molar-refractivity contribution in [2.45, 2.75) is 69.1 Å². The third-order valence-electron chi connectivity index (χ3n) is 10.1. The standard InChI is InChI=1S/C35H37F9N4O4/c1-46(2)17-19-7-8-24-26(15-19)47(3)29(49)27(28(24)34(39,40)41)23-10-9-21-20(5-4-6-22(21)23)16-25(30(50)51)45-31(52)32(35(42,43)44)11-13-48(14-12-32)18-33(36,37)38/h4-8,15,23,25H,9-14,16-18H2,1-3H3,(H,45,52)(H,50,51)/t23-,25-/m0/s1. The Morgan fingerprint density at radius 3 is 2.23 bits per heavy atom. The molecule has 2 heterocycles. The van der Waals surface area contributed by atoms with E-state index in [9.17, 15) is 59.0 Å². The van der Waals surface area contributed by atoms with Crippen LogP contribution in [0.2, 0.25) is 0 Å². The third kappa shape index (κ3) is 7.65. The van der Waals surface area contributed by atoms with Gasteiger partial charge in [-0.1, -0.05) is 30.3 Å². The number of fused-ring (bicyclic) bond motifs is 2. The number of aryl methyl sites for hydroxylation is 1. The van der Waals surface area contributed by atoms with Crippen LogP contribution in [0.3, 0.4) is 0 Å². The molecule has 0 unspecified atom stereocenters. The number of carboxylic acid groups (broad SMARTS) is 1. The van der Waals surface area contributed by atoms with Crippen molar-refractivity contribution in [1.29, 1.82) is 0 Å². The molecule has 1 fully saturated rings. The number of likely N-dealkylation sites (tertiary alicyclic amines) is 1. The zero-order valence-corrected chi connectivity index (χ0v) is 28.4. The minimum Gasteiger partial charge on any atom is -0.480 e. The quantitative estimate of drug-likeness (QED) is 0.261. The number of piperidine rings is 1. The largest absolute Gasteiger partial charge is 0.480 e. The molecule has 3 aromatic rings.